The quantitative estimate of drug-likeness (QED) is 0.904. The van der Waals surface area contributed by atoms with Gasteiger partial charge in [0.05, 0.1) is 10.7 Å². The minimum absolute atomic E-state index is 0.000946. The number of rotatable bonds is 5. The van der Waals surface area contributed by atoms with Crippen LogP contribution in [0.25, 0.3) is 0 Å². The maximum absolute atomic E-state index is 12.2. The van der Waals surface area contributed by atoms with E-state index in [1.807, 2.05) is 13.8 Å². The summed E-state index contributed by atoms with van der Waals surface area (Å²) in [7, 11) is 0. The summed E-state index contributed by atoms with van der Waals surface area (Å²) in [6.45, 7) is 9.52. The third-order valence-electron chi connectivity index (χ3n) is 4.32. The molecular weight excluding hydrogens is 320 g/mol. The highest BCUT2D eigenvalue weighted by Crippen LogP contribution is 2.17. The van der Waals surface area contributed by atoms with Crippen LogP contribution in [-0.4, -0.2) is 55.1 Å². The van der Waals surface area contributed by atoms with Crippen LogP contribution in [-0.2, 0) is 0 Å². The molecule has 1 fully saturated rings. The molecule has 2 heterocycles. The lowest BCUT2D eigenvalue weighted by molar-refractivity contribution is 0.0951. The number of anilines is 1. The molecule has 128 valence electrons. The first-order valence-electron chi connectivity index (χ1n) is 8.38. The molecule has 24 heavy (non-hydrogen) atoms. The fourth-order valence-corrected chi connectivity index (χ4v) is 3.85. The van der Waals surface area contributed by atoms with Gasteiger partial charge in [-0.15, -0.1) is 11.3 Å². The van der Waals surface area contributed by atoms with Crippen LogP contribution in [0, 0.1) is 13.8 Å². The van der Waals surface area contributed by atoms with Gasteiger partial charge in [0.15, 0.2) is 0 Å². The van der Waals surface area contributed by atoms with Crippen molar-refractivity contribution < 1.29 is 4.79 Å². The van der Waals surface area contributed by atoms with Crippen LogP contribution in [0.1, 0.15) is 20.4 Å². The Kier molecular flexibility index (Phi) is 5.48. The lowest BCUT2D eigenvalue weighted by atomic mass is 10.2. The normalized spacial score (nSPS) is 15.5. The Bertz CT molecular complexity index is 678. The second-order valence-electron chi connectivity index (χ2n) is 6.07. The molecule has 0 unspecified atom stereocenters. The van der Waals surface area contributed by atoms with Gasteiger partial charge in [0.1, 0.15) is 4.88 Å². The number of carbonyl (C=O) groups excluding carboxylic acids is 1. The monoisotopic (exact) mass is 344 g/mol. The van der Waals surface area contributed by atoms with E-state index in [9.17, 15) is 4.79 Å². The zero-order valence-corrected chi connectivity index (χ0v) is 15.1. The molecule has 3 rings (SSSR count). The molecule has 0 atom stereocenters. The van der Waals surface area contributed by atoms with Crippen molar-refractivity contribution in [2.75, 3.05) is 44.2 Å². The molecule has 1 aromatic carbocycles. The smallest absolute Gasteiger partial charge is 0.263 e. The standard InChI is InChI=1S/C18H24N4OS/c1-14-17(24-15(2)20-14)18(23)19-8-9-21-10-12-22(13-11-21)16-6-4-3-5-7-16/h3-7H,8-13H2,1-2H3,(H,19,23). The predicted molar refractivity (Wildman–Crippen MR) is 99.0 cm³/mol. The summed E-state index contributed by atoms with van der Waals surface area (Å²) in [5, 5.41) is 3.96. The molecule has 2 aromatic rings. The van der Waals surface area contributed by atoms with E-state index in [2.05, 4.69) is 50.4 Å². The van der Waals surface area contributed by atoms with Gasteiger partial charge in [-0.2, -0.15) is 0 Å². The third kappa shape index (κ3) is 4.13. The van der Waals surface area contributed by atoms with E-state index in [0.29, 0.717) is 6.54 Å². The van der Waals surface area contributed by atoms with Crippen LogP contribution in [0.15, 0.2) is 30.3 Å². The Morgan fingerprint density at radius 2 is 1.88 bits per heavy atom. The first kappa shape index (κ1) is 16.9. The highest BCUT2D eigenvalue weighted by atomic mass is 32.1. The number of nitrogens with one attached hydrogen (secondary N) is 1. The number of benzene rings is 1. The maximum atomic E-state index is 12.2. The Morgan fingerprint density at radius 1 is 1.17 bits per heavy atom. The van der Waals surface area contributed by atoms with Gasteiger partial charge in [-0.3, -0.25) is 9.69 Å². The van der Waals surface area contributed by atoms with Crippen LogP contribution < -0.4 is 10.2 Å². The molecule has 6 heteroatoms. The topological polar surface area (TPSA) is 48.5 Å². The summed E-state index contributed by atoms with van der Waals surface area (Å²) in [6.07, 6.45) is 0. The van der Waals surface area contributed by atoms with Crippen molar-refractivity contribution >= 4 is 22.9 Å². The first-order valence-corrected chi connectivity index (χ1v) is 9.20. The van der Waals surface area contributed by atoms with Crippen molar-refractivity contribution in [2.45, 2.75) is 13.8 Å². The van der Waals surface area contributed by atoms with Crippen molar-refractivity contribution in [2.24, 2.45) is 0 Å². The molecular formula is C18H24N4OS. The minimum atomic E-state index is 0.000946. The minimum Gasteiger partial charge on any atom is -0.369 e. The number of thiazole rings is 1. The van der Waals surface area contributed by atoms with Crippen LogP contribution in [0.3, 0.4) is 0 Å². The summed E-state index contributed by atoms with van der Waals surface area (Å²) in [5.41, 5.74) is 2.12. The number of aryl methyl sites for hydroxylation is 2. The van der Waals surface area contributed by atoms with Gasteiger partial charge in [-0.05, 0) is 26.0 Å². The molecule has 0 radical (unpaired) electrons. The summed E-state index contributed by atoms with van der Waals surface area (Å²) in [5.74, 6) is 0.000946. The molecule has 1 saturated heterocycles. The van der Waals surface area contributed by atoms with Gasteiger partial charge in [-0.1, -0.05) is 18.2 Å². The van der Waals surface area contributed by atoms with E-state index in [1.54, 1.807) is 0 Å². The van der Waals surface area contributed by atoms with E-state index in [1.165, 1.54) is 17.0 Å². The largest absolute Gasteiger partial charge is 0.369 e. The van der Waals surface area contributed by atoms with E-state index < -0.39 is 0 Å². The number of hydrogen-bond acceptors (Lipinski definition) is 5. The lowest BCUT2D eigenvalue weighted by Crippen LogP contribution is -2.48. The molecule has 0 spiro atoms. The zero-order chi connectivity index (χ0) is 16.9. The first-order chi connectivity index (χ1) is 11.6. The van der Waals surface area contributed by atoms with Gasteiger partial charge < -0.3 is 10.2 Å². The SMILES string of the molecule is Cc1nc(C)c(C(=O)NCCN2CCN(c3ccccc3)CC2)s1. The fraction of sp³-hybridized carbons (Fsp3) is 0.444. The number of aromatic nitrogens is 1. The average Bonchev–Trinajstić information content (AvgIpc) is 2.95. The van der Waals surface area contributed by atoms with Crippen LogP contribution >= 0.6 is 11.3 Å². The number of nitrogens with zero attached hydrogens (tertiary/aromatic N) is 3. The van der Waals surface area contributed by atoms with Gasteiger partial charge in [0.2, 0.25) is 0 Å². The van der Waals surface area contributed by atoms with E-state index >= 15 is 0 Å². The Labute approximate surface area is 147 Å². The van der Waals surface area contributed by atoms with E-state index in [-0.39, 0.29) is 5.91 Å². The molecule has 0 saturated carbocycles. The zero-order valence-electron chi connectivity index (χ0n) is 14.3. The highest BCUT2D eigenvalue weighted by molar-refractivity contribution is 7.13. The van der Waals surface area contributed by atoms with Crippen LogP contribution in [0.5, 0.6) is 0 Å². The summed E-state index contributed by atoms with van der Waals surface area (Å²) in [6, 6.07) is 10.5. The second-order valence-corrected chi connectivity index (χ2v) is 7.27. The number of para-hydroxylation sites is 1. The fourth-order valence-electron chi connectivity index (χ4n) is 3.02. The van der Waals surface area contributed by atoms with Gasteiger partial charge in [-0.25, -0.2) is 4.98 Å². The van der Waals surface area contributed by atoms with E-state index in [4.69, 9.17) is 0 Å². The summed E-state index contributed by atoms with van der Waals surface area (Å²) < 4.78 is 0. The number of hydrogen-bond donors (Lipinski definition) is 1. The Balaban J connectivity index is 1.41. The van der Waals surface area contributed by atoms with E-state index in [0.717, 1.165) is 48.3 Å². The van der Waals surface area contributed by atoms with Gasteiger partial charge >= 0.3 is 0 Å². The van der Waals surface area contributed by atoms with Crippen molar-refractivity contribution in [3.05, 3.63) is 45.9 Å². The van der Waals surface area contributed by atoms with Crippen molar-refractivity contribution in [1.29, 1.82) is 0 Å². The lowest BCUT2D eigenvalue weighted by Gasteiger charge is -2.36. The second kappa shape index (κ2) is 7.77. The maximum Gasteiger partial charge on any atom is 0.263 e. The van der Waals surface area contributed by atoms with Crippen LogP contribution in [0.2, 0.25) is 0 Å². The molecule has 1 N–H and O–H groups in total. The predicted octanol–water partition coefficient (Wildman–Crippen LogP) is 2.31. The molecule has 1 aromatic heterocycles. The molecule has 1 aliphatic rings. The molecule has 1 amide bonds. The number of amides is 1. The van der Waals surface area contributed by atoms with Crippen molar-refractivity contribution in [3.8, 4) is 0 Å². The summed E-state index contributed by atoms with van der Waals surface area (Å²) >= 11 is 1.46. The van der Waals surface area contributed by atoms with Crippen molar-refractivity contribution in [3.63, 3.8) is 0 Å². The van der Waals surface area contributed by atoms with Crippen molar-refractivity contribution in [1.82, 2.24) is 15.2 Å². The number of piperazine rings is 1. The molecule has 0 bridgehead atoms. The Hall–Kier alpha value is -1.92. The van der Waals surface area contributed by atoms with Crippen LogP contribution in [0.4, 0.5) is 5.69 Å². The molecule has 0 aliphatic carbocycles. The molecule has 1 aliphatic heterocycles. The highest BCUT2D eigenvalue weighted by Gasteiger charge is 2.18. The van der Waals surface area contributed by atoms with Gasteiger partial charge in [0, 0.05) is 45.0 Å². The number of carbonyl (C=O) groups is 1. The Morgan fingerprint density at radius 3 is 2.50 bits per heavy atom. The van der Waals surface area contributed by atoms with Gasteiger partial charge in [0.25, 0.3) is 5.91 Å². The average molecular weight is 344 g/mol. The third-order valence-corrected chi connectivity index (χ3v) is 5.39. The molecule has 5 nitrogen and oxygen atoms in total. The summed E-state index contributed by atoms with van der Waals surface area (Å²) in [4.78, 5) is 22.1.